The van der Waals surface area contributed by atoms with E-state index in [9.17, 15) is 0 Å². The first-order valence-electron chi connectivity index (χ1n) is 2.52. The van der Waals surface area contributed by atoms with Crippen LogP contribution in [0.2, 0.25) is 5.02 Å². The molecule has 10 heavy (non-hydrogen) atoms. The van der Waals surface area contributed by atoms with Gasteiger partial charge in [0.2, 0.25) is 0 Å². The molecule has 0 amide bonds. The number of nitrogens with two attached hydrogens (primary N) is 1. The van der Waals surface area contributed by atoms with E-state index in [-0.39, 0.29) is 0 Å². The van der Waals surface area contributed by atoms with Crippen molar-refractivity contribution >= 4 is 55.8 Å². The zero-order valence-electron chi connectivity index (χ0n) is 4.87. The van der Waals surface area contributed by atoms with Gasteiger partial charge in [-0.25, -0.2) is 0 Å². The van der Waals surface area contributed by atoms with Crippen LogP contribution in [-0.4, -0.2) is 0 Å². The van der Waals surface area contributed by atoms with Crippen LogP contribution in [0.25, 0.3) is 0 Å². The first-order chi connectivity index (χ1) is 4.63. The molecule has 1 aromatic rings. The number of hydrogen-bond donors (Lipinski definition) is 1. The van der Waals surface area contributed by atoms with Crippen LogP contribution in [0.5, 0.6) is 0 Å². The van der Waals surface area contributed by atoms with Crippen molar-refractivity contribution in [3.63, 3.8) is 0 Å². The highest BCUT2D eigenvalue weighted by Crippen LogP contribution is 2.30. The van der Waals surface area contributed by atoms with E-state index in [0.29, 0.717) is 10.7 Å². The summed E-state index contributed by atoms with van der Waals surface area (Å²) in [6, 6.07) is 3.64. The summed E-state index contributed by atoms with van der Waals surface area (Å²) in [5, 5.41) is 0.604. The summed E-state index contributed by atoms with van der Waals surface area (Å²) in [6.45, 7) is 0. The third-order valence-electron chi connectivity index (χ3n) is 1.08. The molecule has 0 aromatic heterocycles. The summed E-state index contributed by atoms with van der Waals surface area (Å²) in [5.41, 5.74) is 6.25. The van der Waals surface area contributed by atoms with Gasteiger partial charge in [0.05, 0.1) is 14.3 Å². The van der Waals surface area contributed by atoms with Gasteiger partial charge in [0.1, 0.15) is 0 Å². The summed E-state index contributed by atoms with van der Waals surface area (Å²) in [6.07, 6.45) is 0. The van der Waals surface area contributed by atoms with Crippen molar-refractivity contribution in [1.82, 2.24) is 0 Å². The van der Waals surface area contributed by atoms with Crippen LogP contribution in [-0.2, 0) is 0 Å². The van der Waals surface area contributed by atoms with Crippen LogP contribution < -0.4 is 5.73 Å². The minimum absolute atomic E-state index is 0.604. The molecule has 0 fully saturated rings. The fraction of sp³-hybridized carbons (Fsp3) is 0. The van der Waals surface area contributed by atoms with E-state index in [0.717, 1.165) is 8.04 Å². The van der Waals surface area contributed by atoms with Gasteiger partial charge >= 0.3 is 0 Å². The van der Waals surface area contributed by atoms with Crippen LogP contribution in [0.3, 0.4) is 0 Å². The number of rotatable bonds is 0. The number of nitrogen functional groups attached to an aromatic ring is 1. The smallest absolute Gasteiger partial charge is 0.0650 e. The van der Waals surface area contributed by atoms with E-state index in [4.69, 9.17) is 17.3 Å². The number of benzene rings is 1. The zero-order chi connectivity index (χ0) is 7.72. The normalized spacial score (nSPS) is 9.90. The molecule has 0 unspecified atom stereocenters. The molecule has 0 spiro atoms. The Morgan fingerprint density at radius 2 is 2.10 bits per heavy atom. The van der Waals surface area contributed by atoms with Crippen molar-refractivity contribution < 1.29 is 0 Å². The average molecular weight is 332 g/mol. The zero-order valence-corrected chi connectivity index (χ0v) is 9.37. The molecule has 54 valence electrons. The molecular formula is C6H4BrClIN. The third-order valence-corrected chi connectivity index (χ3v) is 3.97. The van der Waals surface area contributed by atoms with E-state index < -0.39 is 0 Å². The second-order valence-electron chi connectivity index (χ2n) is 1.76. The molecule has 0 aliphatic carbocycles. The molecule has 0 bridgehead atoms. The number of hydrogen-bond acceptors (Lipinski definition) is 1. The second kappa shape index (κ2) is 3.28. The topological polar surface area (TPSA) is 26.0 Å². The van der Waals surface area contributed by atoms with E-state index in [1.807, 2.05) is 6.07 Å². The van der Waals surface area contributed by atoms with Gasteiger partial charge in [0.25, 0.3) is 0 Å². The molecule has 0 aliphatic heterocycles. The van der Waals surface area contributed by atoms with Crippen LogP contribution in [0.1, 0.15) is 0 Å². The molecular weight excluding hydrogens is 328 g/mol. The predicted molar refractivity (Wildman–Crippen MR) is 56.3 cm³/mol. The molecule has 4 heteroatoms. The lowest BCUT2D eigenvalue weighted by molar-refractivity contribution is 1.57. The van der Waals surface area contributed by atoms with E-state index >= 15 is 0 Å². The largest absolute Gasteiger partial charge is 0.397 e. The summed E-state index contributed by atoms with van der Waals surface area (Å²) in [5.74, 6) is 0. The second-order valence-corrected chi connectivity index (χ2v) is 4.10. The quantitative estimate of drug-likeness (QED) is 0.440. The molecule has 0 atom stereocenters. The Kier molecular flexibility index (Phi) is 2.82. The van der Waals surface area contributed by atoms with Crippen LogP contribution >= 0.6 is 50.1 Å². The van der Waals surface area contributed by atoms with Crippen molar-refractivity contribution in [3.8, 4) is 0 Å². The van der Waals surface area contributed by atoms with Crippen molar-refractivity contribution in [2.45, 2.75) is 0 Å². The van der Waals surface area contributed by atoms with Crippen LogP contribution in [0.4, 0.5) is 5.69 Å². The minimum Gasteiger partial charge on any atom is -0.397 e. The lowest BCUT2D eigenvalue weighted by Crippen LogP contribution is -1.90. The van der Waals surface area contributed by atoms with Gasteiger partial charge in [-0.2, -0.15) is 0 Å². The molecule has 0 saturated heterocycles. The lowest BCUT2D eigenvalue weighted by atomic mass is 10.3. The number of halogens is 3. The molecule has 1 aromatic carbocycles. The average Bonchev–Trinajstić information content (AvgIpc) is 1.93. The van der Waals surface area contributed by atoms with E-state index in [1.165, 1.54) is 0 Å². The third kappa shape index (κ3) is 1.57. The van der Waals surface area contributed by atoms with Gasteiger partial charge in [-0.3, -0.25) is 0 Å². The van der Waals surface area contributed by atoms with Gasteiger partial charge in [0, 0.05) is 4.47 Å². The summed E-state index contributed by atoms with van der Waals surface area (Å²) in [7, 11) is 0. The first kappa shape index (κ1) is 8.62. The Hall–Kier alpha value is 0.520. The fourth-order valence-corrected chi connectivity index (χ4v) is 1.68. The summed E-state index contributed by atoms with van der Waals surface area (Å²) in [4.78, 5) is 0. The Balaban J connectivity index is 3.34. The molecule has 0 radical (unpaired) electrons. The first-order valence-corrected chi connectivity index (χ1v) is 4.77. The van der Waals surface area contributed by atoms with Crippen LogP contribution in [0, 0.1) is 3.57 Å². The van der Waals surface area contributed by atoms with Crippen molar-refractivity contribution in [2.75, 3.05) is 5.73 Å². The van der Waals surface area contributed by atoms with Crippen LogP contribution in [0.15, 0.2) is 16.6 Å². The van der Waals surface area contributed by atoms with Crippen molar-refractivity contribution in [3.05, 3.63) is 25.2 Å². The highest BCUT2D eigenvalue weighted by Gasteiger charge is 2.03. The van der Waals surface area contributed by atoms with Gasteiger partial charge in [0.15, 0.2) is 0 Å². The van der Waals surface area contributed by atoms with Gasteiger partial charge in [-0.15, -0.1) is 0 Å². The van der Waals surface area contributed by atoms with E-state index in [1.54, 1.807) is 6.07 Å². The highest BCUT2D eigenvalue weighted by atomic mass is 127. The van der Waals surface area contributed by atoms with Gasteiger partial charge < -0.3 is 5.73 Å². The number of anilines is 1. The minimum atomic E-state index is 0.604. The standard InChI is InChI=1S/C6H4BrClIN/c7-3-1-2-4(8)6(10)5(3)9/h1-2H,10H2. The SMILES string of the molecule is Nc1c(Cl)ccc(Br)c1I. The summed E-state index contributed by atoms with van der Waals surface area (Å²) < 4.78 is 1.94. The van der Waals surface area contributed by atoms with Crippen molar-refractivity contribution in [2.24, 2.45) is 0 Å². The molecule has 0 aliphatic rings. The lowest BCUT2D eigenvalue weighted by Gasteiger charge is -2.01. The molecule has 0 saturated carbocycles. The predicted octanol–water partition coefficient (Wildman–Crippen LogP) is 3.29. The Labute approximate surface area is 86.2 Å². The monoisotopic (exact) mass is 331 g/mol. The maximum Gasteiger partial charge on any atom is 0.0650 e. The van der Waals surface area contributed by atoms with Crippen molar-refractivity contribution in [1.29, 1.82) is 0 Å². The van der Waals surface area contributed by atoms with Gasteiger partial charge in [-0.1, -0.05) is 11.6 Å². The summed E-state index contributed by atoms with van der Waals surface area (Å²) >= 11 is 11.2. The Morgan fingerprint density at radius 1 is 1.50 bits per heavy atom. The molecule has 1 rings (SSSR count). The maximum atomic E-state index is 5.74. The maximum absolute atomic E-state index is 5.74. The molecule has 1 nitrogen and oxygen atoms in total. The molecule has 0 heterocycles. The Morgan fingerprint density at radius 3 is 2.60 bits per heavy atom. The fourth-order valence-electron chi connectivity index (χ4n) is 0.543. The van der Waals surface area contributed by atoms with Gasteiger partial charge in [-0.05, 0) is 50.7 Å². The highest BCUT2D eigenvalue weighted by molar-refractivity contribution is 14.1. The molecule has 2 N–H and O–H groups in total. The van der Waals surface area contributed by atoms with E-state index in [2.05, 4.69) is 38.5 Å². The Bertz CT molecular complexity index is 237.